The monoisotopic (exact) mass is 368 g/mol. The van der Waals surface area contributed by atoms with Crippen molar-refractivity contribution in [1.82, 2.24) is 0 Å². The van der Waals surface area contributed by atoms with Crippen LogP contribution < -0.4 is 0 Å². The Balaban J connectivity index is 6.55. The first-order valence-corrected chi connectivity index (χ1v) is 21.2. The van der Waals surface area contributed by atoms with Crippen molar-refractivity contribution in [1.29, 1.82) is 0 Å². The second-order valence-corrected chi connectivity index (χ2v) is 32.8. The molecule has 0 saturated carbocycles. The molecule has 0 fully saturated rings. The maximum atomic E-state index is 11.7. The maximum Gasteiger partial charge on any atom is 0.289 e. The summed E-state index contributed by atoms with van der Waals surface area (Å²) in [5.41, 5.74) is 0. The van der Waals surface area contributed by atoms with Crippen molar-refractivity contribution >= 4 is 48.9 Å². The Morgan fingerprint density at radius 3 is 1.30 bits per heavy atom. The van der Waals surface area contributed by atoms with E-state index in [4.69, 9.17) is 15.5 Å². The van der Waals surface area contributed by atoms with E-state index in [-0.39, 0.29) is 9.88 Å². The molecule has 0 aliphatic heterocycles. The lowest BCUT2D eigenvalue weighted by molar-refractivity contribution is -0.132. The molecule has 0 saturated heterocycles. The van der Waals surface area contributed by atoms with Gasteiger partial charge in [-0.05, 0) is 17.0 Å². The van der Waals surface area contributed by atoms with Gasteiger partial charge in [-0.1, -0.05) is 52.4 Å². The third-order valence-electron chi connectivity index (χ3n) is 4.44. The first-order chi connectivity index (χ1) is 8.42. The Hall–Kier alpha value is 0.628. The Morgan fingerprint density at radius 1 is 0.850 bits per heavy atom. The van der Waals surface area contributed by atoms with Crippen molar-refractivity contribution in [3.63, 3.8) is 0 Å². The van der Waals surface area contributed by atoms with E-state index in [1.54, 1.807) is 0 Å². The Kier molecular flexibility index (Phi) is 5.86. The summed E-state index contributed by atoms with van der Waals surface area (Å²) >= 11 is 7.14. The van der Waals surface area contributed by atoms with Crippen molar-refractivity contribution < 1.29 is 9.22 Å². The third kappa shape index (κ3) is 3.34. The zero-order chi connectivity index (χ0) is 16.8. The van der Waals surface area contributed by atoms with E-state index >= 15 is 0 Å². The molecule has 0 heterocycles. The zero-order valence-corrected chi connectivity index (χ0v) is 20.0. The average molecular weight is 369 g/mol. The molecular weight excluding hydrogens is 336 g/mol. The second kappa shape index (κ2) is 5.68. The van der Waals surface area contributed by atoms with E-state index in [1.807, 2.05) is 0 Å². The summed E-state index contributed by atoms with van der Waals surface area (Å²) < 4.78 is 6.12. The van der Waals surface area contributed by atoms with Gasteiger partial charge in [-0.2, -0.15) is 11.1 Å². The summed E-state index contributed by atoms with van der Waals surface area (Å²) in [5.74, 6) is -0.141. The van der Waals surface area contributed by atoms with Crippen LogP contribution in [-0.4, -0.2) is 37.8 Å². The van der Waals surface area contributed by atoms with Crippen LogP contribution in [0.15, 0.2) is 0 Å². The molecule has 0 atom stereocenters. The summed E-state index contributed by atoms with van der Waals surface area (Å²) in [7, 11) is -7.55. The normalized spacial score (nSPS) is 15.2. The van der Waals surface area contributed by atoms with Crippen LogP contribution in [0.4, 0.5) is 0 Å². The third-order valence-corrected chi connectivity index (χ3v) is 40.2. The van der Waals surface area contributed by atoms with E-state index in [9.17, 15) is 4.79 Å². The molecule has 0 spiro atoms. The summed E-state index contributed by atoms with van der Waals surface area (Å²) in [4.78, 5) is 11.7. The number of rotatable bonds is 5. The number of carbonyl (C=O) groups is 1. The molecule has 0 aliphatic rings. The molecule has 0 aliphatic carbocycles. The highest BCUT2D eigenvalue weighted by Crippen LogP contribution is 2.61. The Morgan fingerprint density at radius 2 is 1.15 bits per heavy atom. The quantitative estimate of drug-likeness (QED) is 0.490. The van der Waals surface area contributed by atoms with Crippen LogP contribution in [0.25, 0.3) is 0 Å². The Bertz CT molecular complexity index is 339. The SMILES string of the molecule is CC(=O)O[Si](C)(C)C([Si](C)(C)C)([Si](C)(C)C)[Si](C)(C)Cl. The van der Waals surface area contributed by atoms with Crippen LogP contribution in [0.2, 0.25) is 69.4 Å². The van der Waals surface area contributed by atoms with E-state index in [0.717, 1.165) is 0 Å². The summed E-state index contributed by atoms with van der Waals surface area (Å²) in [6.45, 7) is 25.0. The van der Waals surface area contributed by atoms with Crippen LogP contribution in [0.5, 0.6) is 0 Å². The molecule has 0 rings (SSSR count). The van der Waals surface area contributed by atoms with Crippen molar-refractivity contribution in [3.8, 4) is 0 Å². The number of carbonyl (C=O) groups excluding carboxylic acids is 1. The predicted molar refractivity (Wildman–Crippen MR) is 102 cm³/mol. The fourth-order valence-electron chi connectivity index (χ4n) is 5.87. The topological polar surface area (TPSA) is 26.3 Å². The number of halogens is 1. The van der Waals surface area contributed by atoms with Crippen LogP contribution in [-0.2, 0) is 9.22 Å². The molecule has 0 bridgehead atoms. The lowest BCUT2D eigenvalue weighted by Crippen LogP contribution is -2.76. The van der Waals surface area contributed by atoms with Gasteiger partial charge in [0.15, 0.2) is 7.38 Å². The van der Waals surface area contributed by atoms with E-state index in [0.29, 0.717) is 0 Å². The van der Waals surface area contributed by atoms with E-state index in [1.165, 1.54) is 6.92 Å². The van der Waals surface area contributed by atoms with Crippen molar-refractivity contribution in [3.05, 3.63) is 0 Å². The van der Waals surface area contributed by atoms with Gasteiger partial charge < -0.3 is 4.43 Å². The van der Waals surface area contributed by atoms with Crippen LogP contribution in [0.1, 0.15) is 6.92 Å². The minimum absolute atomic E-state index is 0.118. The van der Waals surface area contributed by atoms with Gasteiger partial charge >= 0.3 is 0 Å². The fraction of sp³-hybridized carbons (Fsp3) is 0.923. The lowest BCUT2D eigenvalue weighted by atomic mass is 10.9. The minimum atomic E-state index is -2.25. The molecule has 0 aromatic rings. The molecule has 2 nitrogen and oxygen atoms in total. The van der Waals surface area contributed by atoms with Crippen molar-refractivity contribution in [2.24, 2.45) is 0 Å². The van der Waals surface area contributed by atoms with Gasteiger partial charge in [0.1, 0.15) is 0 Å². The summed E-state index contributed by atoms with van der Waals surface area (Å²) in [6, 6.07) is 0. The zero-order valence-electron chi connectivity index (χ0n) is 15.2. The maximum absolute atomic E-state index is 11.7. The van der Waals surface area contributed by atoms with Crippen molar-refractivity contribution in [2.75, 3.05) is 0 Å². The van der Waals surface area contributed by atoms with Gasteiger partial charge in [0.25, 0.3) is 5.97 Å². The molecule has 0 aromatic heterocycles. The first kappa shape index (κ1) is 20.6. The van der Waals surface area contributed by atoms with E-state index in [2.05, 4.69) is 65.5 Å². The van der Waals surface area contributed by atoms with Crippen molar-refractivity contribution in [2.45, 2.75) is 76.3 Å². The van der Waals surface area contributed by atoms with Crippen LogP contribution in [0.3, 0.4) is 0 Å². The molecule has 20 heavy (non-hydrogen) atoms. The highest BCUT2D eigenvalue weighted by atomic mass is 35.6. The summed E-state index contributed by atoms with van der Waals surface area (Å²) in [6.07, 6.45) is 0. The highest BCUT2D eigenvalue weighted by Gasteiger charge is 2.71. The highest BCUT2D eigenvalue weighted by molar-refractivity contribution is 7.40. The van der Waals surface area contributed by atoms with Gasteiger partial charge in [0, 0.05) is 23.1 Å². The minimum Gasteiger partial charge on any atom is -0.520 e. The van der Waals surface area contributed by atoms with Gasteiger partial charge in [-0.15, -0.1) is 0 Å². The largest absolute Gasteiger partial charge is 0.520 e. The molecule has 120 valence electrons. The molecular formula is C13H33ClO2Si4. The summed E-state index contributed by atoms with van der Waals surface area (Å²) in [5, 5.41) is 0. The fourth-order valence-corrected chi connectivity index (χ4v) is 57.8. The number of hydrogen-bond donors (Lipinski definition) is 0. The lowest BCUT2D eigenvalue weighted by Gasteiger charge is -2.62. The molecule has 0 radical (unpaired) electrons. The van der Waals surface area contributed by atoms with Gasteiger partial charge in [0.2, 0.25) is 8.32 Å². The smallest absolute Gasteiger partial charge is 0.289 e. The molecule has 0 N–H and O–H groups in total. The standard InChI is InChI=1S/C13H33ClO2Si4/c1-12(15)16-20(10,11)13(17(2,3)4,18(5,6)7)19(8,9)14/h1-11H3. The predicted octanol–water partition coefficient (Wildman–Crippen LogP) is 5.23. The second-order valence-electron chi connectivity index (χ2n) is 8.83. The number of hydrogen-bond acceptors (Lipinski definition) is 2. The van der Waals surface area contributed by atoms with Gasteiger partial charge in [0.05, 0.1) is 0 Å². The Labute approximate surface area is 134 Å². The van der Waals surface area contributed by atoms with Gasteiger partial charge in [-0.25, -0.2) is 0 Å². The van der Waals surface area contributed by atoms with E-state index < -0.39 is 31.8 Å². The van der Waals surface area contributed by atoms with Gasteiger partial charge in [-0.3, -0.25) is 4.79 Å². The average Bonchev–Trinajstić information content (AvgIpc) is 1.87. The molecule has 0 aromatic carbocycles. The van der Waals surface area contributed by atoms with Crippen LogP contribution in [0, 0.1) is 0 Å². The molecule has 0 amide bonds. The van der Waals surface area contributed by atoms with Crippen LogP contribution >= 0.6 is 11.1 Å². The molecule has 0 unspecified atom stereocenters. The molecule has 7 heteroatoms. The first-order valence-electron chi connectivity index (χ1n) is 7.30.